The van der Waals surface area contributed by atoms with Crippen molar-refractivity contribution in [2.45, 2.75) is 0 Å². The number of nitrogens with one attached hydrogen (secondary N) is 2. The van der Waals surface area contributed by atoms with Gasteiger partial charge in [0.05, 0.1) is 37.6 Å². The number of hydrogen-bond acceptors (Lipinski definition) is 8. The van der Waals surface area contributed by atoms with Crippen LogP contribution in [0.4, 0.5) is 11.5 Å². The second-order valence-corrected chi connectivity index (χ2v) is 10.5. The number of rotatable bonds is 9. The Labute approximate surface area is 249 Å². The predicted octanol–water partition coefficient (Wildman–Crippen LogP) is 6.30. The molecule has 0 radical (unpaired) electrons. The fourth-order valence-corrected chi connectivity index (χ4v) is 5.34. The summed E-state index contributed by atoms with van der Waals surface area (Å²) >= 11 is 0. The van der Waals surface area contributed by atoms with E-state index in [4.69, 9.17) is 24.2 Å². The fourth-order valence-electron chi connectivity index (χ4n) is 5.34. The van der Waals surface area contributed by atoms with Gasteiger partial charge in [-0.2, -0.15) is 5.10 Å². The van der Waals surface area contributed by atoms with Gasteiger partial charge in [-0.1, -0.05) is 54.6 Å². The molecule has 0 spiro atoms. The molecule has 0 saturated carbocycles. The van der Waals surface area contributed by atoms with Crippen molar-refractivity contribution < 1.29 is 14.2 Å². The van der Waals surface area contributed by atoms with E-state index in [-0.39, 0.29) is 0 Å². The predicted molar refractivity (Wildman–Crippen MR) is 169 cm³/mol. The van der Waals surface area contributed by atoms with Gasteiger partial charge in [0, 0.05) is 47.7 Å². The normalized spacial score (nSPS) is 13.8. The highest BCUT2D eigenvalue weighted by molar-refractivity contribution is 5.95. The van der Waals surface area contributed by atoms with Gasteiger partial charge >= 0.3 is 0 Å². The fraction of sp³-hybridized carbons (Fsp3) is 0.206. The Balaban J connectivity index is 1.26. The molecule has 3 heterocycles. The van der Waals surface area contributed by atoms with E-state index >= 15 is 0 Å². The zero-order valence-corrected chi connectivity index (χ0v) is 23.9. The van der Waals surface area contributed by atoms with Gasteiger partial charge < -0.3 is 19.5 Å². The molecule has 1 saturated heterocycles. The van der Waals surface area contributed by atoms with Crippen molar-refractivity contribution in [2.75, 3.05) is 51.9 Å². The van der Waals surface area contributed by atoms with Crippen LogP contribution in [0, 0.1) is 0 Å². The molecule has 7 rings (SSSR count). The molecule has 9 heteroatoms. The molecule has 0 amide bonds. The maximum Gasteiger partial charge on any atom is 0.162 e. The number of anilines is 2. The van der Waals surface area contributed by atoms with E-state index in [0.29, 0.717) is 29.7 Å². The molecule has 0 unspecified atom stereocenters. The lowest BCUT2D eigenvalue weighted by Gasteiger charge is -2.26. The van der Waals surface area contributed by atoms with Gasteiger partial charge in [0.1, 0.15) is 12.4 Å². The summed E-state index contributed by atoms with van der Waals surface area (Å²) in [7, 11) is 1.65. The van der Waals surface area contributed by atoms with Crippen LogP contribution in [0.15, 0.2) is 91.1 Å². The number of aromatic nitrogens is 4. The maximum absolute atomic E-state index is 6.26. The number of fused-ring (bicyclic) bond motifs is 2. The zero-order chi connectivity index (χ0) is 29.0. The SMILES string of the molecule is COc1cc2nc(-c3ccc(-c4ccccc4)cc3)nc(Nc3ccc4[nH]ncc4c3)c2cc1OCCN1CCOCC1. The van der Waals surface area contributed by atoms with E-state index in [2.05, 4.69) is 56.8 Å². The van der Waals surface area contributed by atoms with Gasteiger partial charge in [0.2, 0.25) is 0 Å². The smallest absolute Gasteiger partial charge is 0.162 e. The minimum Gasteiger partial charge on any atom is -0.493 e. The van der Waals surface area contributed by atoms with Crippen LogP contribution in [0.1, 0.15) is 0 Å². The number of ether oxygens (including phenoxy) is 3. The van der Waals surface area contributed by atoms with E-state index in [1.165, 1.54) is 0 Å². The van der Waals surface area contributed by atoms with Gasteiger partial charge in [-0.05, 0) is 35.4 Å². The van der Waals surface area contributed by atoms with Crippen LogP contribution in [0.3, 0.4) is 0 Å². The van der Waals surface area contributed by atoms with Gasteiger partial charge in [-0.15, -0.1) is 0 Å². The van der Waals surface area contributed by atoms with E-state index in [1.54, 1.807) is 7.11 Å². The zero-order valence-electron chi connectivity index (χ0n) is 23.9. The molecule has 4 aromatic carbocycles. The van der Waals surface area contributed by atoms with Crippen molar-refractivity contribution in [1.29, 1.82) is 0 Å². The molecule has 2 aromatic heterocycles. The Hall–Kier alpha value is -4.99. The first kappa shape index (κ1) is 26.9. The van der Waals surface area contributed by atoms with Crippen LogP contribution in [-0.2, 0) is 4.74 Å². The third-order valence-electron chi connectivity index (χ3n) is 7.70. The van der Waals surface area contributed by atoms with Gasteiger partial charge in [0.25, 0.3) is 0 Å². The van der Waals surface area contributed by atoms with Crippen molar-refractivity contribution >= 4 is 33.3 Å². The van der Waals surface area contributed by atoms with E-state index < -0.39 is 0 Å². The molecule has 0 atom stereocenters. The highest BCUT2D eigenvalue weighted by Gasteiger charge is 2.17. The molecule has 43 heavy (non-hydrogen) atoms. The second-order valence-electron chi connectivity index (χ2n) is 10.5. The summed E-state index contributed by atoms with van der Waals surface area (Å²) < 4.78 is 17.5. The van der Waals surface area contributed by atoms with Crippen LogP contribution in [-0.4, -0.2) is 71.6 Å². The molecule has 0 aliphatic carbocycles. The van der Waals surface area contributed by atoms with Crippen molar-refractivity contribution in [2.24, 2.45) is 0 Å². The lowest BCUT2D eigenvalue weighted by Crippen LogP contribution is -2.38. The Morgan fingerprint density at radius 1 is 0.860 bits per heavy atom. The summed E-state index contributed by atoms with van der Waals surface area (Å²) in [4.78, 5) is 12.3. The Morgan fingerprint density at radius 2 is 1.65 bits per heavy atom. The summed E-state index contributed by atoms with van der Waals surface area (Å²) in [5, 5.41) is 12.5. The van der Waals surface area contributed by atoms with Gasteiger partial charge in [0.15, 0.2) is 17.3 Å². The number of hydrogen-bond donors (Lipinski definition) is 2. The van der Waals surface area contributed by atoms with E-state index in [0.717, 1.165) is 77.0 Å². The number of benzene rings is 4. The third kappa shape index (κ3) is 5.86. The summed E-state index contributed by atoms with van der Waals surface area (Å²) in [6, 6.07) is 28.6. The number of H-pyrrole nitrogens is 1. The van der Waals surface area contributed by atoms with Crippen LogP contribution in [0.5, 0.6) is 11.5 Å². The van der Waals surface area contributed by atoms with Gasteiger partial charge in [-0.25, -0.2) is 9.97 Å². The van der Waals surface area contributed by atoms with Crippen molar-refractivity contribution in [1.82, 2.24) is 25.1 Å². The minimum absolute atomic E-state index is 0.536. The van der Waals surface area contributed by atoms with Gasteiger partial charge in [-0.3, -0.25) is 10.00 Å². The van der Waals surface area contributed by atoms with Crippen LogP contribution in [0.25, 0.3) is 44.3 Å². The summed E-state index contributed by atoms with van der Waals surface area (Å²) in [5.41, 5.74) is 5.83. The Morgan fingerprint density at radius 3 is 2.47 bits per heavy atom. The number of morpholine rings is 1. The lowest BCUT2D eigenvalue weighted by atomic mass is 10.0. The molecule has 1 aliphatic heterocycles. The van der Waals surface area contributed by atoms with E-state index in [1.807, 2.05) is 54.7 Å². The molecule has 9 nitrogen and oxygen atoms in total. The summed E-state index contributed by atoms with van der Waals surface area (Å²) in [5.74, 6) is 2.57. The Kier molecular flexibility index (Phi) is 7.56. The molecule has 1 fully saturated rings. The summed E-state index contributed by atoms with van der Waals surface area (Å²) in [6.45, 7) is 4.69. The molecular formula is C34H32N6O3. The van der Waals surface area contributed by atoms with Crippen molar-refractivity contribution in [3.05, 3.63) is 91.1 Å². The van der Waals surface area contributed by atoms with Crippen LogP contribution in [0.2, 0.25) is 0 Å². The number of methoxy groups -OCH3 is 1. The Bertz CT molecular complexity index is 1850. The topological polar surface area (TPSA) is 97.4 Å². The maximum atomic E-state index is 6.26. The average molecular weight is 573 g/mol. The second kappa shape index (κ2) is 12.1. The highest BCUT2D eigenvalue weighted by atomic mass is 16.5. The molecule has 2 N–H and O–H groups in total. The van der Waals surface area contributed by atoms with E-state index in [9.17, 15) is 0 Å². The first-order valence-electron chi connectivity index (χ1n) is 14.4. The molecular weight excluding hydrogens is 540 g/mol. The third-order valence-corrected chi connectivity index (χ3v) is 7.70. The largest absolute Gasteiger partial charge is 0.493 e. The molecule has 0 bridgehead atoms. The highest BCUT2D eigenvalue weighted by Crippen LogP contribution is 2.37. The monoisotopic (exact) mass is 572 g/mol. The quantitative estimate of drug-likeness (QED) is 0.208. The number of aromatic amines is 1. The minimum atomic E-state index is 0.536. The van der Waals surface area contributed by atoms with Crippen molar-refractivity contribution in [3.8, 4) is 34.0 Å². The summed E-state index contributed by atoms with van der Waals surface area (Å²) in [6.07, 6.45) is 1.81. The van der Waals surface area contributed by atoms with Crippen molar-refractivity contribution in [3.63, 3.8) is 0 Å². The van der Waals surface area contributed by atoms with Crippen LogP contribution < -0.4 is 14.8 Å². The standard InChI is InChI=1S/C34H32N6O3/c1-41-31-21-30-28(20-32(31)43-18-15-40-13-16-42-17-14-40)34(36-27-11-12-29-26(19-27)22-35-39-29)38-33(37-30)25-9-7-24(8-10-25)23-5-3-2-4-6-23/h2-12,19-22H,13-18H2,1H3,(H,35,39)(H,36,37,38). The first-order valence-corrected chi connectivity index (χ1v) is 14.4. The molecule has 1 aliphatic rings. The first-order chi connectivity index (χ1) is 21.2. The van der Waals surface area contributed by atoms with Crippen LogP contribution >= 0.6 is 0 Å². The number of nitrogens with zero attached hydrogens (tertiary/aromatic N) is 4. The molecule has 216 valence electrons. The molecule has 6 aromatic rings. The lowest BCUT2D eigenvalue weighted by molar-refractivity contribution is 0.0321. The average Bonchev–Trinajstić information content (AvgIpc) is 3.54.